The number of hydrogen-bond donors (Lipinski definition) is 1. The van der Waals surface area contributed by atoms with Gasteiger partial charge in [-0.15, -0.1) is 0 Å². The highest BCUT2D eigenvalue weighted by atomic mass is 19.1. The van der Waals surface area contributed by atoms with Gasteiger partial charge in [-0.3, -0.25) is 9.59 Å². The van der Waals surface area contributed by atoms with Gasteiger partial charge in [0.25, 0.3) is 0 Å². The van der Waals surface area contributed by atoms with Crippen molar-refractivity contribution < 1.29 is 14.0 Å². The van der Waals surface area contributed by atoms with Crippen molar-refractivity contribution in [1.82, 2.24) is 0 Å². The summed E-state index contributed by atoms with van der Waals surface area (Å²) >= 11 is 0. The molecule has 0 saturated carbocycles. The van der Waals surface area contributed by atoms with E-state index in [1.54, 1.807) is 6.07 Å². The molecule has 0 atom stereocenters. The number of rotatable bonds is 3. The Morgan fingerprint density at radius 1 is 1.40 bits per heavy atom. The van der Waals surface area contributed by atoms with Crippen LogP contribution in [0.5, 0.6) is 0 Å². The Kier molecular flexibility index (Phi) is 3.33. The minimum Gasteiger partial charge on any atom is -0.366 e. The third-order valence-electron chi connectivity index (χ3n) is 1.84. The van der Waals surface area contributed by atoms with E-state index in [2.05, 4.69) is 0 Å². The first-order valence-corrected chi connectivity index (χ1v) is 4.29. The number of benzene rings is 1. The Labute approximate surface area is 86.4 Å². The second-order valence-electron chi connectivity index (χ2n) is 3.00. The number of Topliss-reactive ketones (excluding diaryl/α,β-unsaturated/α-hetero) is 1. The van der Waals surface area contributed by atoms with Crippen LogP contribution >= 0.6 is 0 Å². The maximum Gasteiger partial charge on any atom is 0.241 e. The van der Waals surface area contributed by atoms with E-state index in [0.29, 0.717) is 0 Å². The third-order valence-corrected chi connectivity index (χ3v) is 1.84. The number of hydrogen-bond acceptors (Lipinski definition) is 2. The monoisotopic (exact) mass is 207 g/mol. The molecule has 0 radical (unpaired) electrons. The molecule has 0 aliphatic heterocycles. The van der Waals surface area contributed by atoms with Crippen molar-refractivity contribution >= 4 is 17.8 Å². The highest BCUT2D eigenvalue weighted by Crippen LogP contribution is 2.14. The maximum absolute atomic E-state index is 13.5. The van der Waals surface area contributed by atoms with Crippen LogP contribution in [0.2, 0.25) is 0 Å². The van der Waals surface area contributed by atoms with Gasteiger partial charge in [0, 0.05) is 11.6 Å². The lowest BCUT2D eigenvalue weighted by molar-refractivity contribution is -0.113. The fraction of sp³-hybridized carbons (Fsp3) is 0.0909. The quantitative estimate of drug-likeness (QED) is 0.603. The van der Waals surface area contributed by atoms with E-state index in [1.807, 2.05) is 0 Å². The largest absolute Gasteiger partial charge is 0.366 e. The number of halogens is 1. The fourth-order valence-corrected chi connectivity index (χ4v) is 1.12. The van der Waals surface area contributed by atoms with Crippen molar-refractivity contribution in [3.05, 3.63) is 41.2 Å². The number of amides is 1. The Balaban J connectivity index is 3.15. The summed E-state index contributed by atoms with van der Waals surface area (Å²) in [7, 11) is 0. The van der Waals surface area contributed by atoms with Crippen molar-refractivity contribution in [2.75, 3.05) is 0 Å². The first-order chi connectivity index (χ1) is 7.02. The fourth-order valence-electron chi connectivity index (χ4n) is 1.12. The zero-order valence-corrected chi connectivity index (χ0v) is 8.16. The van der Waals surface area contributed by atoms with Crippen LogP contribution in [0.3, 0.4) is 0 Å². The van der Waals surface area contributed by atoms with Gasteiger partial charge in [0.2, 0.25) is 5.91 Å². The molecule has 4 heteroatoms. The minimum atomic E-state index is -0.664. The molecule has 78 valence electrons. The number of primary amides is 1. The molecule has 2 N–H and O–H groups in total. The van der Waals surface area contributed by atoms with Gasteiger partial charge in [0.05, 0.1) is 5.56 Å². The lowest BCUT2D eigenvalue weighted by Crippen LogP contribution is -2.05. The minimum absolute atomic E-state index is 0.00150. The normalized spacial score (nSPS) is 10.5. The smallest absolute Gasteiger partial charge is 0.241 e. The van der Waals surface area contributed by atoms with E-state index in [0.717, 1.165) is 6.08 Å². The predicted molar refractivity (Wildman–Crippen MR) is 54.6 cm³/mol. The van der Waals surface area contributed by atoms with Gasteiger partial charge in [-0.1, -0.05) is 12.1 Å². The van der Waals surface area contributed by atoms with Gasteiger partial charge in [-0.2, -0.15) is 0 Å². The first-order valence-electron chi connectivity index (χ1n) is 4.29. The molecule has 0 spiro atoms. The lowest BCUT2D eigenvalue weighted by Gasteiger charge is -2.01. The van der Waals surface area contributed by atoms with Crippen LogP contribution in [-0.2, 0) is 4.79 Å². The first kappa shape index (κ1) is 11.1. The second kappa shape index (κ2) is 4.50. The van der Waals surface area contributed by atoms with Gasteiger partial charge in [0.15, 0.2) is 5.78 Å². The molecule has 0 heterocycles. The summed E-state index contributed by atoms with van der Waals surface area (Å²) in [6.45, 7) is 1.28. The van der Waals surface area contributed by atoms with Crippen LogP contribution in [0.1, 0.15) is 22.8 Å². The zero-order chi connectivity index (χ0) is 11.4. The molecular weight excluding hydrogens is 197 g/mol. The van der Waals surface area contributed by atoms with E-state index in [-0.39, 0.29) is 16.9 Å². The topological polar surface area (TPSA) is 60.2 Å². The molecule has 1 amide bonds. The Hall–Kier alpha value is -1.97. The molecule has 0 fully saturated rings. The van der Waals surface area contributed by atoms with E-state index >= 15 is 0 Å². The van der Waals surface area contributed by atoms with E-state index in [9.17, 15) is 14.0 Å². The van der Waals surface area contributed by atoms with Crippen molar-refractivity contribution in [3.8, 4) is 0 Å². The van der Waals surface area contributed by atoms with Crippen LogP contribution in [0.15, 0.2) is 24.3 Å². The molecular formula is C11H10FNO2. The van der Waals surface area contributed by atoms with E-state index < -0.39 is 11.7 Å². The van der Waals surface area contributed by atoms with Gasteiger partial charge in [-0.25, -0.2) is 4.39 Å². The standard InChI is InChI=1S/C11H10FNO2/c1-7(14)9-4-2-3-8(11(9)12)5-6-10(13)15/h2-6H,1H3,(H2,13,15). The summed E-state index contributed by atoms with van der Waals surface area (Å²) in [6, 6.07) is 4.39. The Morgan fingerprint density at radius 2 is 2.07 bits per heavy atom. The molecule has 0 bridgehead atoms. The van der Waals surface area contributed by atoms with Crippen LogP contribution in [0.25, 0.3) is 6.08 Å². The number of ketones is 1. The molecule has 0 unspecified atom stereocenters. The van der Waals surface area contributed by atoms with Gasteiger partial charge < -0.3 is 5.73 Å². The molecule has 1 rings (SSSR count). The molecule has 0 aromatic heterocycles. The zero-order valence-electron chi connectivity index (χ0n) is 8.16. The number of carbonyl (C=O) groups excluding carboxylic acids is 2. The summed E-state index contributed by atoms with van der Waals surface area (Å²) in [5.41, 5.74) is 5.04. The summed E-state index contributed by atoms with van der Waals surface area (Å²) in [4.78, 5) is 21.4. The summed E-state index contributed by atoms with van der Waals surface area (Å²) in [5, 5.41) is 0. The van der Waals surface area contributed by atoms with Crippen LogP contribution in [0.4, 0.5) is 4.39 Å². The van der Waals surface area contributed by atoms with Crippen LogP contribution in [0, 0.1) is 5.82 Å². The highest BCUT2D eigenvalue weighted by molar-refractivity contribution is 5.95. The Morgan fingerprint density at radius 3 is 2.60 bits per heavy atom. The van der Waals surface area contributed by atoms with Crippen LogP contribution in [-0.4, -0.2) is 11.7 Å². The van der Waals surface area contributed by atoms with Crippen LogP contribution < -0.4 is 5.73 Å². The summed E-state index contributed by atoms with van der Waals surface area (Å²) in [6.07, 6.45) is 2.28. The lowest BCUT2D eigenvalue weighted by atomic mass is 10.1. The summed E-state index contributed by atoms with van der Waals surface area (Å²) < 4.78 is 13.5. The molecule has 1 aromatic rings. The molecule has 0 aliphatic carbocycles. The van der Waals surface area contributed by atoms with Crippen molar-refractivity contribution in [2.45, 2.75) is 6.92 Å². The average molecular weight is 207 g/mol. The van der Waals surface area contributed by atoms with Gasteiger partial charge >= 0.3 is 0 Å². The Bertz CT molecular complexity index is 438. The highest BCUT2D eigenvalue weighted by Gasteiger charge is 2.09. The van der Waals surface area contributed by atoms with Crippen molar-refractivity contribution in [1.29, 1.82) is 0 Å². The van der Waals surface area contributed by atoms with E-state index in [4.69, 9.17) is 5.73 Å². The SMILES string of the molecule is CC(=O)c1cccc(C=CC(N)=O)c1F. The third kappa shape index (κ3) is 2.74. The predicted octanol–water partition coefficient (Wildman–Crippen LogP) is 1.53. The molecule has 1 aromatic carbocycles. The van der Waals surface area contributed by atoms with Crippen molar-refractivity contribution in [3.63, 3.8) is 0 Å². The molecule has 3 nitrogen and oxygen atoms in total. The summed E-state index contributed by atoms with van der Waals surface area (Å²) in [5.74, 6) is -1.66. The van der Waals surface area contributed by atoms with E-state index in [1.165, 1.54) is 25.1 Å². The van der Waals surface area contributed by atoms with Crippen molar-refractivity contribution in [2.24, 2.45) is 5.73 Å². The maximum atomic E-state index is 13.5. The number of nitrogens with two attached hydrogens (primary N) is 1. The van der Waals surface area contributed by atoms with Gasteiger partial charge in [-0.05, 0) is 19.1 Å². The molecule has 0 saturated heterocycles. The van der Waals surface area contributed by atoms with Gasteiger partial charge in [0.1, 0.15) is 5.82 Å². The second-order valence-corrected chi connectivity index (χ2v) is 3.00. The average Bonchev–Trinajstić information content (AvgIpc) is 2.15. The molecule has 0 aliphatic rings. The molecule has 15 heavy (non-hydrogen) atoms. The number of carbonyl (C=O) groups is 2.